The van der Waals surface area contributed by atoms with Crippen LogP contribution in [0.5, 0.6) is 5.75 Å². The molecule has 0 heterocycles. The molecule has 118 valence electrons. The number of unbranched alkanes of at least 4 members (excludes halogenated alkanes) is 2. The average Bonchev–Trinajstić information content (AvgIpc) is 2.51. The van der Waals surface area contributed by atoms with Gasteiger partial charge in [0.15, 0.2) is 0 Å². The Hall–Kier alpha value is -1.55. The molecule has 21 heavy (non-hydrogen) atoms. The molecule has 0 aromatic heterocycles. The van der Waals surface area contributed by atoms with Crippen LogP contribution in [0.1, 0.15) is 51.6 Å². The van der Waals surface area contributed by atoms with Crippen LogP contribution in [0.15, 0.2) is 24.3 Å². The second-order valence-corrected chi connectivity index (χ2v) is 5.38. The van der Waals surface area contributed by atoms with E-state index in [-0.39, 0.29) is 18.0 Å². The largest absolute Gasteiger partial charge is 0.497 e. The molecule has 0 aliphatic heterocycles. The summed E-state index contributed by atoms with van der Waals surface area (Å²) < 4.78 is 5.15. The van der Waals surface area contributed by atoms with Crippen molar-refractivity contribution in [1.82, 2.24) is 10.6 Å². The van der Waals surface area contributed by atoms with Crippen LogP contribution in [0.4, 0.5) is 0 Å². The smallest absolute Gasteiger partial charge is 0.236 e. The number of benzene rings is 1. The molecule has 4 heteroatoms. The van der Waals surface area contributed by atoms with Gasteiger partial charge in [-0.2, -0.15) is 0 Å². The molecule has 1 aromatic rings. The van der Waals surface area contributed by atoms with E-state index >= 15 is 0 Å². The normalized spacial score (nSPS) is 13.5. The molecular formula is C17H28N2O2. The lowest BCUT2D eigenvalue weighted by molar-refractivity contribution is -0.122. The molecule has 0 aliphatic rings. The van der Waals surface area contributed by atoms with Crippen molar-refractivity contribution in [3.05, 3.63) is 29.8 Å². The minimum atomic E-state index is -0.205. The number of carbonyl (C=O) groups excluding carboxylic acids is 1. The highest BCUT2D eigenvalue weighted by atomic mass is 16.5. The first-order valence-corrected chi connectivity index (χ1v) is 7.76. The second kappa shape index (κ2) is 9.40. The molecule has 2 unspecified atom stereocenters. The van der Waals surface area contributed by atoms with Gasteiger partial charge in [0.2, 0.25) is 5.91 Å². The van der Waals surface area contributed by atoms with Gasteiger partial charge in [-0.1, -0.05) is 31.9 Å². The van der Waals surface area contributed by atoms with E-state index in [2.05, 4.69) is 24.5 Å². The zero-order chi connectivity index (χ0) is 15.7. The molecule has 2 atom stereocenters. The third kappa shape index (κ3) is 6.17. The van der Waals surface area contributed by atoms with E-state index in [0.717, 1.165) is 37.1 Å². The summed E-state index contributed by atoms with van der Waals surface area (Å²) in [5.74, 6) is 0.902. The van der Waals surface area contributed by atoms with Crippen molar-refractivity contribution in [2.75, 3.05) is 13.7 Å². The van der Waals surface area contributed by atoms with Crippen molar-refractivity contribution >= 4 is 5.91 Å². The standard InChI is InChI=1S/C17H28N2O2/c1-5-6-7-12-18-17(20)14(3)19-13(2)15-8-10-16(21-4)11-9-15/h8-11,13-14,19H,5-7,12H2,1-4H3,(H,18,20). The maximum atomic E-state index is 12.0. The first kappa shape index (κ1) is 17.5. The van der Waals surface area contributed by atoms with Crippen LogP contribution in [0.2, 0.25) is 0 Å². The van der Waals surface area contributed by atoms with Crippen LogP contribution in [0.25, 0.3) is 0 Å². The third-order valence-electron chi connectivity index (χ3n) is 3.59. The van der Waals surface area contributed by atoms with Gasteiger partial charge < -0.3 is 10.1 Å². The Labute approximate surface area is 128 Å². The molecule has 0 fully saturated rings. The first-order valence-electron chi connectivity index (χ1n) is 7.76. The Morgan fingerprint density at radius 1 is 1.19 bits per heavy atom. The minimum Gasteiger partial charge on any atom is -0.497 e. The van der Waals surface area contributed by atoms with Crippen LogP contribution >= 0.6 is 0 Å². The summed E-state index contributed by atoms with van der Waals surface area (Å²) in [6.45, 7) is 6.87. The van der Waals surface area contributed by atoms with Gasteiger partial charge in [0, 0.05) is 12.6 Å². The van der Waals surface area contributed by atoms with E-state index < -0.39 is 0 Å². The minimum absolute atomic E-state index is 0.0615. The van der Waals surface area contributed by atoms with Gasteiger partial charge in [0.1, 0.15) is 5.75 Å². The maximum absolute atomic E-state index is 12.0. The Kier molecular flexibility index (Phi) is 7.83. The first-order chi connectivity index (χ1) is 10.1. The Bertz CT molecular complexity index is 417. The van der Waals surface area contributed by atoms with E-state index in [1.54, 1.807) is 7.11 Å². The number of hydrogen-bond acceptors (Lipinski definition) is 3. The predicted octanol–water partition coefficient (Wildman–Crippen LogP) is 3.04. The number of methoxy groups -OCH3 is 1. The van der Waals surface area contributed by atoms with Gasteiger partial charge in [0.25, 0.3) is 0 Å². The Morgan fingerprint density at radius 2 is 1.86 bits per heavy atom. The van der Waals surface area contributed by atoms with Crippen molar-refractivity contribution in [3.8, 4) is 5.75 Å². The van der Waals surface area contributed by atoms with E-state index in [4.69, 9.17) is 4.74 Å². The highest BCUT2D eigenvalue weighted by Gasteiger charge is 2.15. The fourth-order valence-electron chi connectivity index (χ4n) is 2.18. The van der Waals surface area contributed by atoms with E-state index in [9.17, 15) is 4.79 Å². The molecule has 0 saturated carbocycles. The second-order valence-electron chi connectivity index (χ2n) is 5.38. The summed E-state index contributed by atoms with van der Waals surface area (Å²) in [5, 5.41) is 6.29. The predicted molar refractivity (Wildman–Crippen MR) is 86.5 cm³/mol. The highest BCUT2D eigenvalue weighted by Crippen LogP contribution is 2.17. The molecular weight excluding hydrogens is 264 g/mol. The summed E-state index contributed by atoms with van der Waals surface area (Å²) in [6, 6.07) is 7.81. The SMILES string of the molecule is CCCCCNC(=O)C(C)NC(C)c1ccc(OC)cc1. The van der Waals surface area contributed by atoms with Crippen molar-refractivity contribution in [2.24, 2.45) is 0 Å². The van der Waals surface area contributed by atoms with Crippen molar-refractivity contribution in [3.63, 3.8) is 0 Å². The summed E-state index contributed by atoms with van der Waals surface area (Å²) in [7, 11) is 1.65. The van der Waals surface area contributed by atoms with E-state index in [1.165, 1.54) is 0 Å². The Morgan fingerprint density at radius 3 is 2.43 bits per heavy atom. The monoisotopic (exact) mass is 292 g/mol. The van der Waals surface area contributed by atoms with Crippen LogP contribution < -0.4 is 15.4 Å². The lowest BCUT2D eigenvalue weighted by atomic mass is 10.1. The molecule has 4 nitrogen and oxygen atoms in total. The number of carbonyl (C=O) groups is 1. The van der Waals surface area contributed by atoms with Gasteiger partial charge in [-0.3, -0.25) is 10.1 Å². The lowest BCUT2D eigenvalue weighted by Gasteiger charge is -2.20. The molecule has 0 saturated heterocycles. The quantitative estimate of drug-likeness (QED) is 0.688. The molecule has 2 N–H and O–H groups in total. The average molecular weight is 292 g/mol. The van der Waals surface area contributed by atoms with Crippen molar-refractivity contribution < 1.29 is 9.53 Å². The summed E-state index contributed by atoms with van der Waals surface area (Å²) in [5.41, 5.74) is 1.14. The maximum Gasteiger partial charge on any atom is 0.236 e. The number of ether oxygens (including phenoxy) is 1. The number of rotatable bonds is 9. The molecule has 1 amide bonds. The Balaban J connectivity index is 2.41. The zero-order valence-corrected chi connectivity index (χ0v) is 13.6. The van der Waals surface area contributed by atoms with Crippen LogP contribution in [0, 0.1) is 0 Å². The number of hydrogen-bond donors (Lipinski definition) is 2. The fraction of sp³-hybridized carbons (Fsp3) is 0.588. The molecule has 0 radical (unpaired) electrons. The van der Waals surface area contributed by atoms with Crippen LogP contribution in [-0.4, -0.2) is 25.6 Å². The van der Waals surface area contributed by atoms with Crippen molar-refractivity contribution in [2.45, 2.75) is 52.1 Å². The van der Waals surface area contributed by atoms with Gasteiger partial charge in [-0.05, 0) is 38.0 Å². The number of amides is 1. The van der Waals surface area contributed by atoms with Gasteiger partial charge in [0.05, 0.1) is 13.2 Å². The summed E-state index contributed by atoms with van der Waals surface area (Å²) >= 11 is 0. The molecule has 0 aliphatic carbocycles. The van der Waals surface area contributed by atoms with Crippen LogP contribution in [-0.2, 0) is 4.79 Å². The molecule has 1 aromatic carbocycles. The summed E-state index contributed by atoms with van der Waals surface area (Å²) in [6.07, 6.45) is 3.37. The van der Waals surface area contributed by atoms with E-state index in [1.807, 2.05) is 31.2 Å². The topological polar surface area (TPSA) is 50.4 Å². The zero-order valence-electron chi connectivity index (χ0n) is 13.6. The summed E-state index contributed by atoms with van der Waals surface area (Å²) in [4.78, 5) is 12.0. The molecule has 0 spiro atoms. The lowest BCUT2D eigenvalue weighted by Crippen LogP contribution is -2.43. The molecule has 1 rings (SSSR count). The molecule has 0 bridgehead atoms. The van der Waals surface area contributed by atoms with Gasteiger partial charge in [-0.25, -0.2) is 0 Å². The van der Waals surface area contributed by atoms with Gasteiger partial charge in [-0.15, -0.1) is 0 Å². The fourth-order valence-corrected chi connectivity index (χ4v) is 2.18. The third-order valence-corrected chi connectivity index (χ3v) is 3.59. The van der Waals surface area contributed by atoms with Crippen LogP contribution in [0.3, 0.4) is 0 Å². The number of nitrogens with one attached hydrogen (secondary N) is 2. The highest BCUT2D eigenvalue weighted by molar-refractivity contribution is 5.81. The van der Waals surface area contributed by atoms with Gasteiger partial charge >= 0.3 is 0 Å². The van der Waals surface area contributed by atoms with Crippen molar-refractivity contribution in [1.29, 1.82) is 0 Å². The van der Waals surface area contributed by atoms with E-state index in [0.29, 0.717) is 0 Å².